The van der Waals surface area contributed by atoms with Crippen molar-refractivity contribution in [1.82, 2.24) is 15.6 Å². The summed E-state index contributed by atoms with van der Waals surface area (Å²) in [5, 5.41) is 6.34. The fourth-order valence-corrected chi connectivity index (χ4v) is 3.75. The van der Waals surface area contributed by atoms with E-state index >= 15 is 0 Å². The maximum Gasteiger partial charge on any atom is 0.253 e. The number of benzene rings is 1. The minimum absolute atomic E-state index is 0.0708. The van der Waals surface area contributed by atoms with E-state index in [1.54, 1.807) is 6.20 Å². The lowest BCUT2D eigenvalue weighted by molar-refractivity contribution is 0.0950. The zero-order valence-corrected chi connectivity index (χ0v) is 15.1. The van der Waals surface area contributed by atoms with Crippen LogP contribution in [0.3, 0.4) is 0 Å². The van der Waals surface area contributed by atoms with Crippen LogP contribution in [0.5, 0.6) is 0 Å². The van der Waals surface area contributed by atoms with Crippen molar-refractivity contribution in [3.05, 3.63) is 58.8 Å². The highest BCUT2D eigenvalue weighted by Crippen LogP contribution is 2.18. The molecule has 2 aromatic rings. The van der Waals surface area contributed by atoms with E-state index in [-0.39, 0.29) is 5.91 Å². The average Bonchev–Trinajstić information content (AvgIpc) is 2.98. The minimum Gasteiger partial charge on any atom is -0.357 e. The lowest BCUT2D eigenvalue weighted by atomic mass is 10.1. The van der Waals surface area contributed by atoms with Crippen molar-refractivity contribution in [3.63, 3.8) is 0 Å². The fraction of sp³-hybridized carbons (Fsp3) is 0.429. The number of aromatic nitrogens is 1. The van der Waals surface area contributed by atoms with E-state index in [9.17, 15) is 4.79 Å². The summed E-state index contributed by atoms with van der Waals surface area (Å²) < 4.78 is 0. The van der Waals surface area contributed by atoms with Crippen LogP contribution < -0.4 is 15.5 Å². The van der Waals surface area contributed by atoms with E-state index < -0.39 is 0 Å². The second-order valence-electron chi connectivity index (χ2n) is 7.20. The van der Waals surface area contributed by atoms with Crippen LogP contribution in [0.1, 0.15) is 52.7 Å². The fourth-order valence-electron chi connectivity index (χ4n) is 3.75. The second kappa shape index (κ2) is 7.87. The number of carbonyl (C=O) groups excluding carboxylic acids is 1. The first-order valence-electron chi connectivity index (χ1n) is 9.60. The Hall–Kier alpha value is -2.40. The molecule has 1 aromatic heterocycles. The van der Waals surface area contributed by atoms with Crippen LogP contribution in [-0.2, 0) is 19.6 Å². The summed E-state index contributed by atoms with van der Waals surface area (Å²) >= 11 is 0. The monoisotopic (exact) mass is 350 g/mol. The normalized spacial score (nSPS) is 16.8. The second-order valence-corrected chi connectivity index (χ2v) is 7.20. The molecule has 0 unspecified atom stereocenters. The van der Waals surface area contributed by atoms with Crippen molar-refractivity contribution in [3.8, 4) is 0 Å². The summed E-state index contributed by atoms with van der Waals surface area (Å²) in [5.74, 6) is 0.910. The topological polar surface area (TPSA) is 57.3 Å². The molecule has 5 nitrogen and oxygen atoms in total. The van der Waals surface area contributed by atoms with Crippen LogP contribution in [0.2, 0.25) is 0 Å². The average molecular weight is 350 g/mol. The van der Waals surface area contributed by atoms with Gasteiger partial charge in [0.2, 0.25) is 0 Å². The molecule has 1 saturated heterocycles. The highest BCUT2D eigenvalue weighted by molar-refractivity contribution is 5.94. The lowest BCUT2D eigenvalue weighted by Gasteiger charge is -2.21. The quantitative estimate of drug-likeness (QED) is 0.890. The third kappa shape index (κ3) is 3.88. The van der Waals surface area contributed by atoms with Gasteiger partial charge < -0.3 is 15.5 Å². The molecule has 1 fully saturated rings. The lowest BCUT2D eigenvalue weighted by Crippen LogP contribution is -2.26. The van der Waals surface area contributed by atoms with Crippen LogP contribution in [0.25, 0.3) is 0 Å². The zero-order valence-electron chi connectivity index (χ0n) is 15.1. The van der Waals surface area contributed by atoms with Gasteiger partial charge in [0.1, 0.15) is 5.82 Å². The summed E-state index contributed by atoms with van der Waals surface area (Å²) in [7, 11) is 0. The summed E-state index contributed by atoms with van der Waals surface area (Å²) in [5.41, 5.74) is 4.44. The molecule has 2 aliphatic heterocycles. The molecule has 0 bridgehead atoms. The number of carbonyl (C=O) groups is 1. The van der Waals surface area contributed by atoms with Gasteiger partial charge in [-0.15, -0.1) is 0 Å². The molecule has 4 rings (SSSR count). The van der Waals surface area contributed by atoms with Crippen molar-refractivity contribution >= 4 is 11.7 Å². The number of anilines is 1. The standard InChI is InChI=1S/C21H26N4O/c26-21(24-12-16-5-6-17-13-22-14-19(17)11-16)18-7-8-20(23-15-18)25-9-3-1-2-4-10-25/h5-8,11,15,22H,1-4,9-10,12-14H2,(H,24,26). The molecule has 1 amide bonds. The molecule has 0 saturated carbocycles. The molecule has 0 spiro atoms. The Morgan fingerprint density at radius 2 is 1.85 bits per heavy atom. The first-order valence-corrected chi connectivity index (χ1v) is 9.60. The van der Waals surface area contributed by atoms with E-state index in [0.717, 1.165) is 37.6 Å². The molecular formula is C21H26N4O. The number of hydrogen-bond donors (Lipinski definition) is 2. The van der Waals surface area contributed by atoms with Gasteiger partial charge >= 0.3 is 0 Å². The molecule has 2 aliphatic rings. The first-order chi connectivity index (χ1) is 12.8. The van der Waals surface area contributed by atoms with Crippen LogP contribution in [0.4, 0.5) is 5.82 Å². The van der Waals surface area contributed by atoms with E-state index in [0.29, 0.717) is 12.1 Å². The molecule has 0 aliphatic carbocycles. The van der Waals surface area contributed by atoms with E-state index in [4.69, 9.17) is 0 Å². The summed E-state index contributed by atoms with van der Waals surface area (Å²) in [6.45, 7) is 4.52. The molecule has 3 heterocycles. The van der Waals surface area contributed by atoms with Crippen molar-refractivity contribution in [2.24, 2.45) is 0 Å². The Balaban J connectivity index is 1.35. The van der Waals surface area contributed by atoms with Gasteiger partial charge in [0, 0.05) is 38.9 Å². The summed E-state index contributed by atoms with van der Waals surface area (Å²) in [4.78, 5) is 19.3. The number of nitrogens with one attached hydrogen (secondary N) is 2. The summed E-state index contributed by atoms with van der Waals surface area (Å²) in [6, 6.07) is 10.3. The Kier molecular flexibility index (Phi) is 5.16. The van der Waals surface area contributed by atoms with Gasteiger partial charge in [-0.05, 0) is 41.7 Å². The molecule has 1 aromatic carbocycles. The largest absolute Gasteiger partial charge is 0.357 e. The molecule has 0 radical (unpaired) electrons. The highest BCUT2D eigenvalue weighted by Gasteiger charge is 2.13. The number of nitrogens with zero attached hydrogens (tertiary/aromatic N) is 2. The number of amides is 1. The van der Waals surface area contributed by atoms with Gasteiger partial charge in [-0.25, -0.2) is 4.98 Å². The summed E-state index contributed by atoms with van der Waals surface area (Å²) in [6.07, 6.45) is 6.74. The first kappa shape index (κ1) is 17.0. The molecule has 5 heteroatoms. The minimum atomic E-state index is -0.0708. The van der Waals surface area contributed by atoms with Crippen molar-refractivity contribution in [1.29, 1.82) is 0 Å². The van der Waals surface area contributed by atoms with Gasteiger partial charge in [0.05, 0.1) is 5.56 Å². The van der Waals surface area contributed by atoms with Gasteiger partial charge in [-0.2, -0.15) is 0 Å². The molecule has 26 heavy (non-hydrogen) atoms. The van der Waals surface area contributed by atoms with Crippen LogP contribution >= 0.6 is 0 Å². The van der Waals surface area contributed by atoms with E-state index in [1.807, 2.05) is 12.1 Å². The highest BCUT2D eigenvalue weighted by atomic mass is 16.1. The Morgan fingerprint density at radius 3 is 2.62 bits per heavy atom. The van der Waals surface area contributed by atoms with E-state index in [2.05, 4.69) is 38.7 Å². The number of pyridine rings is 1. The number of hydrogen-bond acceptors (Lipinski definition) is 4. The van der Waals surface area contributed by atoms with E-state index in [1.165, 1.54) is 36.8 Å². The molecule has 2 N–H and O–H groups in total. The van der Waals surface area contributed by atoms with Gasteiger partial charge in [0.15, 0.2) is 0 Å². The predicted octanol–water partition coefficient (Wildman–Crippen LogP) is 3.00. The predicted molar refractivity (Wildman–Crippen MR) is 103 cm³/mol. The Labute approximate surface area is 154 Å². The van der Waals surface area contributed by atoms with Crippen molar-refractivity contribution < 1.29 is 4.79 Å². The molecule has 0 atom stereocenters. The molecular weight excluding hydrogens is 324 g/mol. The number of rotatable bonds is 4. The van der Waals surface area contributed by atoms with Gasteiger partial charge in [0.25, 0.3) is 5.91 Å². The number of fused-ring (bicyclic) bond motifs is 1. The van der Waals surface area contributed by atoms with Gasteiger partial charge in [-0.1, -0.05) is 31.0 Å². The molecule has 136 valence electrons. The van der Waals surface area contributed by atoms with Crippen molar-refractivity contribution in [2.45, 2.75) is 45.3 Å². The van der Waals surface area contributed by atoms with Crippen LogP contribution in [0, 0.1) is 0 Å². The Bertz CT molecular complexity index is 764. The Morgan fingerprint density at radius 1 is 1.04 bits per heavy atom. The van der Waals surface area contributed by atoms with Crippen LogP contribution in [-0.4, -0.2) is 24.0 Å². The van der Waals surface area contributed by atoms with Crippen molar-refractivity contribution in [2.75, 3.05) is 18.0 Å². The third-order valence-corrected chi connectivity index (χ3v) is 5.29. The maximum atomic E-state index is 12.4. The van der Waals surface area contributed by atoms with Crippen LogP contribution in [0.15, 0.2) is 36.5 Å². The SMILES string of the molecule is O=C(NCc1ccc2c(c1)CNC2)c1ccc(N2CCCCCC2)nc1. The van der Waals surface area contributed by atoms with Gasteiger partial charge in [-0.3, -0.25) is 4.79 Å². The third-order valence-electron chi connectivity index (χ3n) is 5.29. The zero-order chi connectivity index (χ0) is 17.8. The maximum absolute atomic E-state index is 12.4. The smallest absolute Gasteiger partial charge is 0.253 e.